The van der Waals surface area contributed by atoms with Gasteiger partial charge in [0.25, 0.3) is 0 Å². The molecule has 3 heteroatoms. The third kappa shape index (κ3) is 3.30. The van der Waals surface area contributed by atoms with Gasteiger partial charge in [-0.1, -0.05) is 19.1 Å². The molecule has 0 amide bonds. The molecule has 82 valence electrons. The Hall–Kier alpha value is 0.01000. The Bertz CT molecular complexity index is 192. The van der Waals surface area contributed by atoms with Gasteiger partial charge in [0.05, 0.1) is 0 Å². The van der Waals surface area contributed by atoms with Gasteiger partial charge in [-0.25, -0.2) is 0 Å². The van der Waals surface area contributed by atoms with E-state index in [0.717, 1.165) is 26.1 Å². The van der Waals surface area contributed by atoms with Crippen molar-refractivity contribution in [3.8, 4) is 0 Å². The minimum Gasteiger partial charge on any atom is -0.309 e. The molecule has 1 aliphatic heterocycles. The van der Waals surface area contributed by atoms with E-state index >= 15 is 0 Å². The highest BCUT2D eigenvalue weighted by Crippen LogP contribution is 2.09. The van der Waals surface area contributed by atoms with Crippen LogP contribution in [-0.4, -0.2) is 41.5 Å². The summed E-state index contributed by atoms with van der Waals surface area (Å²) in [4.78, 5) is 3.72. The largest absolute Gasteiger partial charge is 0.309 e. The molecule has 1 fully saturated rings. The Balaban J connectivity index is 2.27. The zero-order valence-electron chi connectivity index (χ0n) is 9.55. The van der Waals surface area contributed by atoms with Crippen molar-refractivity contribution >= 4 is 17.1 Å². The molecule has 0 aliphatic carbocycles. The Morgan fingerprint density at radius 2 is 2.29 bits per heavy atom. The number of thiocarbonyl (C=S) groups is 1. The van der Waals surface area contributed by atoms with Crippen molar-refractivity contribution < 1.29 is 0 Å². The van der Waals surface area contributed by atoms with E-state index in [9.17, 15) is 0 Å². The van der Waals surface area contributed by atoms with E-state index in [-0.39, 0.29) is 0 Å². The van der Waals surface area contributed by atoms with Crippen LogP contribution in [0, 0.1) is 0 Å². The molecule has 1 N–H and O–H groups in total. The predicted octanol–water partition coefficient (Wildman–Crippen LogP) is 1.84. The van der Waals surface area contributed by atoms with Crippen molar-refractivity contribution in [3.05, 3.63) is 0 Å². The van der Waals surface area contributed by atoms with Crippen molar-refractivity contribution in [1.29, 1.82) is 0 Å². The van der Waals surface area contributed by atoms with Crippen LogP contribution in [0.25, 0.3) is 0 Å². The number of hydrogen-bond donors (Lipinski definition) is 1. The highest BCUT2D eigenvalue weighted by molar-refractivity contribution is 7.80. The maximum atomic E-state index is 5.31. The second-order valence-electron chi connectivity index (χ2n) is 4.23. The van der Waals surface area contributed by atoms with Crippen molar-refractivity contribution in [2.45, 2.75) is 45.7 Å². The quantitative estimate of drug-likeness (QED) is 0.703. The first-order valence-electron chi connectivity index (χ1n) is 5.65. The molecular formula is C11H22N2S. The molecule has 0 radical (unpaired) electrons. The molecule has 0 spiro atoms. The van der Waals surface area contributed by atoms with Gasteiger partial charge in [0.2, 0.25) is 0 Å². The lowest BCUT2D eigenvalue weighted by Gasteiger charge is -2.26. The minimum absolute atomic E-state index is 0.498. The van der Waals surface area contributed by atoms with Gasteiger partial charge in [-0.15, -0.1) is 0 Å². The van der Waals surface area contributed by atoms with Crippen LogP contribution < -0.4 is 5.32 Å². The summed E-state index contributed by atoms with van der Waals surface area (Å²) in [6.45, 7) is 10.1. The van der Waals surface area contributed by atoms with Gasteiger partial charge in [0.15, 0.2) is 0 Å². The monoisotopic (exact) mass is 214 g/mol. The molecule has 0 aromatic rings. The molecule has 1 aliphatic rings. The second-order valence-corrected chi connectivity index (χ2v) is 4.76. The number of rotatable bonds is 5. The summed E-state index contributed by atoms with van der Waals surface area (Å²) in [5.41, 5.74) is 0. The Morgan fingerprint density at radius 3 is 2.71 bits per heavy atom. The van der Waals surface area contributed by atoms with E-state index in [1.54, 1.807) is 0 Å². The highest BCUT2D eigenvalue weighted by Gasteiger charge is 2.20. The van der Waals surface area contributed by atoms with Crippen LogP contribution in [0.15, 0.2) is 0 Å². The average molecular weight is 214 g/mol. The molecule has 0 saturated carbocycles. The van der Waals surface area contributed by atoms with E-state index in [2.05, 4.69) is 31.0 Å². The highest BCUT2D eigenvalue weighted by atomic mass is 32.1. The van der Waals surface area contributed by atoms with Gasteiger partial charge >= 0.3 is 0 Å². The maximum Gasteiger partial charge on any atom is 0.0396 e. The van der Waals surface area contributed by atoms with Crippen LogP contribution in [-0.2, 0) is 0 Å². The maximum absolute atomic E-state index is 5.31. The van der Waals surface area contributed by atoms with E-state index in [1.165, 1.54) is 11.3 Å². The van der Waals surface area contributed by atoms with Gasteiger partial charge in [0.1, 0.15) is 0 Å². The van der Waals surface area contributed by atoms with Crippen LogP contribution in [0.1, 0.15) is 33.6 Å². The zero-order chi connectivity index (χ0) is 10.6. The fourth-order valence-electron chi connectivity index (χ4n) is 2.00. The van der Waals surface area contributed by atoms with E-state index in [1.807, 2.05) is 0 Å². The molecule has 1 saturated heterocycles. The molecule has 0 aromatic heterocycles. The van der Waals surface area contributed by atoms with Gasteiger partial charge in [-0.05, 0) is 33.2 Å². The van der Waals surface area contributed by atoms with Crippen molar-refractivity contribution in [2.24, 2.45) is 0 Å². The van der Waals surface area contributed by atoms with Gasteiger partial charge in [-0.3, -0.25) is 0 Å². The summed E-state index contributed by atoms with van der Waals surface area (Å²) in [6, 6.07) is 1.15. The van der Waals surface area contributed by atoms with Gasteiger partial charge < -0.3 is 10.2 Å². The summed E-state index contributed by atoms with van der Waals surface area (Å²) in [5.74, 6) is 0. The fraction of sp³-hybridized carbons (Fsp3) is 0.909. The molecular weight excluding hydrogens is 192 g/mol. The molecule has 0 bridgehead atoms. The molecule has 2 nitrogen and oxygen atoms in total. The van der Waals surface area contributed by atoms with E-state index in [4.69, 9.17) is 12.2 Å². The third-order valence-electron chi connectivity index (χ3n) is 2.99. The van der Waals surface area contributed by atoms with E-state index < -0.39 is 0 Å². The SMILES string of the molecule is CCN(CCC1NCCC1=S)C(C)C. The topological polar surface area (TPSA) is 15.3 Å². The van der Waals surface area contributed by atoms with Crippen LogP contribution in [0.3, 0.4) is 0 Å². The minimum atomic E-state index is 0.498. The first-order valence-corrected chi connectivity index (χ1v) is 6.06. The summed E-state index contributed by atoms with van der Waals surface area (Å²) >= 11 is 5.31. The summed E-state index contributed by atoms with van der Waals surface area (Å²) < 4.78 is 0. The van der Waals surface area contributed by atoms with Crippen LogP contribution >= 0.6 is 12.2 Å². The molecule has 1 heterocycles. The second kappa shape index (κ2) is 5.79. The predicted molar refractivity (Wildman–Crippen MR) is 66.0 cm³/mol. The molecule has 1 atom stereocenters. The number of nitrogens with one attached hydrogen (secondary N) is 1. The molecule has 1 rings (SSSR count). The lowest BCUT2D eigenvalue weighted by molar-refractivity contribution is 0.227. The van der Waals surface area contributed by atoms with Crippen molar-refractivity contribution in [2.75, 3.05) is 19.6 Å². The summed E-state index contributed by atoms with van der Waals surface area (Å²) in [5, 5.41) is 3.46. The smallest absolute Gasteiger partial charge is 0.0396 e. The van der Waals surface area contributed by atoms with Crippen LogP contribution in [0.5, 0.6) is 0 Å². The number of hydrogen-bond acceptors (Lipinski definition) is 3. The van der Waals surface area contributed by atoms with Crippen molar-refractivity contribution in [1.82, 2.24) is 10.2 Å². The van der Waals surface area contributed by atoms with Crippen molar-refractivity contribution in [3.63, 3.8) is 0 Å². The lowest BCUT2D eigenvalue weighted by Crippen LogP contribution is -2.36. The Kier molecular flexibility index (Phi) is 4.99. The van der Waals surface area contributed by atoms with Gasteiger partial charge in [-0.2, -0.15) is 0 Å². The summed E-state index contributed by atoms with van der Waals surface area (Å²) in [7, 11) is 0. The molecule has 1 unspecified atom stereocenters. The Morgan fingerprint density at radius 1 is 1.57 bits per heavy atom. The first-order chi connectivity index (χ1) is 6.65. The molecule has 14 heavy (non-hydrogen) atoms. The summed E-state index contributed by atoms with van der Waals surface area (Å²) in [6.07, 6.45) is 2.26. The zero-order valence-corrected chi connectivity index (χ0v) is 10.4. The fourth-order valence-corrected chi connectivity index (χ4v) is 2.30. The number of nitrogens with zero attached hydrogens (tertiary/aromatic N) is 1. The Labute approximate surface area is 93.1 Å². The molecule has 0 aromatic carbocycles. The standard InChI is InChI=1S/C11H22N2S/c1-4-13(9(2)3)8-6-10-11(14)5-7-12-10/h9-10,12H,4-8H2,1-3H3. The van der Waals surface area contributed by atoms with E-state index in [0.29, 0.717) is 12.1 Å². The van der Waals surface area contributed by atoms with Crippen LogP contribution in [0.2, 0.25) is 0 Å². The third-order valence-corrected chi connectivity index (χ3v) is 3.48. The lowest BCUT2D eigenvalue weighted by atomic mass is 10.1. The normalized spacial score (nSPS) is 22.6. The van der Waals surface area contributed by atoms with Gasteiger partial charge in [0, 0.05) is 30.0 Å². The first kappa shape index (κ1) is 12.1. The average Bonchev–Trinajstić information content (AvgIpc) is 2.52. The van der Waals surface area contributed by atoms with Crippen LogP contribution in [0.4, 0.5) is 0 Å².